The van der Waals surface area contributed by atoms with Crippen molar-refractivity contribution in [1.82, 2.24) is 10.6 Å². The van der Waals surface area contributed by atoms with Crippen LogP contribution in [0.3, 0.4) is 0 Å². The Morgan fingerprint density at radius 1 is 0.909 bits per heavy atom. The highest BCUT2D eigenvalue weighted by Crippen LogP contribution is 2.39. The minimum absolute atomic E-state index is 0.0202. The van der Waals surface area contributed by atoms with E-state index in [1.54, 1.807) is 24.3 Å². The second-order valence-corrected chi connectivity index (χ2v) is 5.27. The maximum absolute atomic E-state index is 12.7. The van der Waals surface area contributed by atoms with Gasteiger partial charge in [0, 0.05) is 11.6 Å². The second-order valence-electron chi connectivity index (χ2n) is 5.27. The van der Waals surface area contributed by atoms with Gasteiger partial charge in [-0.15, -0.1) is 0 Å². The molecule has 7 nitrogen and oxygen atoms in total. The molecule has 0 saturated carbocycles. The van der Waals surface area contributed by atoms with E-state index in [9.17, 15) is 19.2 Å². The Bertz CT molecular complexity index is 742. The Balaban J connectivity index is 2.25. The zero-order chi connectivity index (χ0) is 16.0. The summed E-state index contributed by atoms with van der Waals surface area (Å²) < 4.78 is 0. The number of urea groups is 1. The number of para-hydroxylation sites is 1. The molecule has 22 heavy (non-hydrogen) atoms. The third kappa shape index (κ3) is 1.90. The number of carbonyl (C=O) groups is 4. The van der Waals surface area contributed by atoms with Gasteiger partial charge in [0.05, 0.1) is 11.3 Å². The van der Waals surface area contributed by atoms with Gasteiger partial charge in [-0.3, -0.25) is 25.0 Å². The summed E-state index contributed by atoms with van der Waals surface area (Å²) in [5, 5.41) is 3.99. The molecular weight excluding hydrogens is 286 g/mol. The Labute approximate surface area is 126 Å². The summed E-state index contributed by atoms with van der Waals surface area (Å²) in [6.07, 6.45) is 0. The van der Waals surface area contributed by atoms with Crippen molar-refractivity contribution in [2.75, 3.05) is 4.90 Å². The lowest BCUT2D eigenvalue weighted by Gasteiger charge is -2.21. The molecule has 3 rings (SSSR count). The molecule has 0 spiro atoms. The predicted molar refractivity (Wildman–Crippen MR) is 77.7 cm³/mol. The normalized spacial score (nSPS) is 17.9. The molecule has 112 valence electrons. The van der Waals surface area contributed by atoms with E-state index in [0.29, 0.717) is 11.3 Å². The van der Waals surface area contributed by atoms with E-state index in [0.717, 1.165) is 0 Å². The van der Waals surface area contributed by atoms with Crippen molar-refractivity contribution in [3.05, 3.63) is 35.4 Å². The molecule has 0 atom stereocenters. The fourth-order valence-electron chi connectivity index (χ4n) is 2.69. The van der Waals surface area contributed by atoms with Gasteiger partial charge in [0.25, 0.3) is 17.7 Å². The molecule has 0 bridgehead atoms. The molecule has 1 fully saturated rings. The van der Waals surface area contributed by atoms with E-state index in [-0.39, 0.29) is 17.2 Å². The standard InChI is InChI=1S/C15H13N3O4/c1-7(2)18-9-6-4-3-5-8(9)10(14(18)21)11-12(19)16-15(22)17-13(11)20/h3-7H,1-2H3,(H2,16,17,19,20,22). The van der Waals surface area contributed by atoms with Gasteiger partial charge in [-0.2, -0.15) is 0 Å². The van der Waals surface area contributed by atoms with E-state index in [1.165, 1.54) is 4.90 Å². The summed E-state index contributed by atoms with van der Waals surface area (Å²) in [5.74, 6) is -2.15. The maximum Gasteiger partial charge on any atom is 0.328 e. The van der Waals surface area contributed by atoms with Gasteiger partial charge >= 0.3 is 6.03 Å². The number of fused-ring (bicyclic) bond motifs is 1. The first-order chi connectivity index (χ1) is 10.4. The van der Waals surface area contributed by atoms with Crippen LogP contribution in [-0.4, -0.2) is 29.8 Å². The maximum atomic E-state index is 12.7. The van der Waals surface area contributed by atoms with Gasteiger partial charge < -0.3 is 4.90 Å². The molecule has 0 aromatic heterocycles. The summed E-state index contributed by atoms with van der Waals surface area (Å²) in [5.41, 5.74) is 0.838. The van der Waals surface area contributed by atoms with Crippen molar-refractivity contribution >= 4 is 35.0 Å². The van der Waals surface area contributed by atoms with Crippen LogP contribution in [0.15, 0.2) is 29.8 Å². The third-order valence-corrected chi connectivity index (χ3v) is 3.54. The van der Waals surface area contributed by atoms with Crippen LogP contribution < -0.4 is 15.5 Å². The molecule has 1 saturated heterocycles. The number of nitrogens with zero attached hydrogens (tertiary/aromatic N) is 1. The quantitative estimate of drug-likeness (QED) is 0.585. The first kappa shape index (κ1) is 14.0. The topological polar surface area (TPSA) is 95.6 Å². The number of barbiturate groups is 1. The zero-order valence-electron chi connectivity index (χ0n) is 12.0. The lowest BCUT2D eigenvalue weighted by molar-refractivity contribution is -0.124. The molecule has 0 radical (unpaired) electrons. The number of hydrogen-bond donors (Lipinski definition) is 2. The molecule has 1 aromatic rings. The van der Waals surface area contributed by atoms with Crippen LogP contribution in [0.5, 0.6) is 0 Å². The SMILES string of the molecule is CC(C)N1C(=O)C(=C2C(=O)NC(=O)NC2=O)c2ccccc21. The van der Waals surface area contributed by atoms with Crippen molar-refractivity contribution in [1.29, 1.82) is 0 Å². The van der Waals surface area contributed by atoms with E-state index in [1.807, 2.05) is 24.5 Å². The number of amides is 5. The molecular formula is C15H13N3O4. The largest absolute Gasteiger partial charge is 0.328 e. The highest BCUT2D eigenvalue weighted by atomic mass is 16.2. The van der Waals surface area contributed by atoms with Crippen molar-refractivity contribution in [2.24, 2.45) is 0 Å². The van der Waals surface area contributed by atoms with Crippen LogP contribution in [0.2, 0.25) is 0 Å². The van der Waals surface area contributed by atoms with E-state index in [4.69, 9.17) is 0 Å². The number of rotatable bonds is 1. The lowest BCUT2D eigenvalue weighted by Crippen LogP contribution is -2.52. The number of carbonyl (C=O) groups excluding carboxylic acids is 4. The fourth-order valence-corrected chi connectivity index (χ4v) is 2.69. The van der Waals surface area contributed by atoms with Gasteiger partial charge in [-0.25, -0.2) is 4.79 Å². The van der Waals surface area contributed by atoms with Crippen LogP contribution in [0.1, 0.15) is 19.4 Å². The van der Waals surface area contributed by atoms with Crippen LogP contribution in [0.4, 0.5) is 10.5 Å². The first-order valence-electron chi connectivity index (χ1n) is 6.75. The summed E-state index contributed by atoms with van der Waals surface area (Å²) in [4.78, 5) is 49.4. The van der Waals surface area contributed by atoms with Gasteiger partial charge in [0.15, 0.2) is 0 Å². The Kier molecular flexibility index (Phi) is 3.05. The van der Waals surface area contributed by atoms with E-state index < -0.39 is 23.8 Å². The summed E-state index contributed by atoms with van der Waals surface area (Å²) in [6, 6.07) is 5.90. The monoisotopic (exact) mass is 299 g/mol. The minimum atomic E-state index is -0.890. The van der Waals surface area contributed by atoms with Crippen LogP contribution in [0.25, 0.3) is 5.57 Å². The molecule has 7 heteroatoms. The molecule has 2 aliphatic heterocycles. The fraction of sp³-hybridized carbons (Fsp3) is 0.200. The predicted octanol–water partition coefficient (Wildman–Crippen LogP) is 0.561. The van der Waals surface area contributed by atoms with Crippen LogP contribution in [0, 0.1) is 0 Å². The number of benzene rings is 1. The highest BCUT2D eigenvalue weighted by molar-refractivity contribution is 6.44. The van der Waals surface area contributed by atoms with Crippen LogP contribution >= 0.6 is 0 Å². The lowest BCUT2D eigenvalue weighted by atomic mass is 9.99. The second kappa shape index (κ2) is 4.80. The number of imide groups is 2. The van der Waals surface area contributed by atoms with Crippen molar-refractivity contribution in [2.45, 2.75) is 19.9 Å². The number of nitrogens with one attached hydrogen (secondary N) is 2. The first-order valence-corrected chi connectivity index (χ1v) is 6.75. The molecule has 2 aliphatic rings. The average Bonchev–Trinajstić information content (AvgIpc) is 2.71. The minimum Gasteiger partial charge on any atom is -0.305 e. The summed E-state index contributed by atoms with van der Waals surface area (Å²) in [6.45, 7) is 3.68. The average molecular weight is 299 g/mol. The van der Waals surface area contributed by atoms with Crippen molar-refractivity contribution < 1.29 is 19.2 Å². The summed E-state index contributed by atoms with van der Waals surface area (Å²) >= 11 is 0. The van der Waals surface area contributed by atoms with Gasteiger partial charge in [-0.05, 0) is 19.9 Å². The smallest absolute Gasteiger partial charge is 0.305 e. The van der Waals surface area contributed by atoms with Crippen LogP contribution in [-0.2, 0) is 14.4 Å². The van der Waals surface area contributed by atoms with Crippen molar-refractivity contribution in [3.8, 4) is 0 Å². The molecule has 2 N–H and O–H groups in total. The van der Waals surface area contributed by atoms with E-state index >= 15 is 0 Å². The molecule has 2 heterocycles. The molecule has 0 aliphatic carbocycles. The third-order valence-electron chi connectivity index (χ3n) is 3.54. The highest BCUT2D eigenvalue weighted by Gasteiger charge is 2.41. The Hall–Kier alpha value is -2.96. The van der Waals surface area contributed by atoms with Crippen molar-refractivity contribution in [3.63, 3.8) is 0 Å². The van der Waals surface area contributed by atoms with Gasteiger partial charge in [0.1, 0.15) is 5.57 Å². The Morgan fingerprint density at radius 3 is 2.09 bits per heavy atom. The zero-order valence-corrected chi connectivity index (χ0v) is 12.0. The molecule has 0 unspecified atom stereocenters. The van der Waals surface area contributed by atoms with Gasteiger partial charge in [-0.1, -0.05) is 18.2 Å². The molecule has 1 aromatic carbocycles. The number of anilines is 1. The summed E-state index contributed by atoms with van der Waals surface area (Å²) in [7, 11) is 0. The van der Waals surface area contributed by atoms with E-state index in [2.05, 4.69) is 0 Å². The Morgan fingerprint density at radius 2 is 1.50 bits per heavy atom. The molecule has 5 amide bonds. The van der Waals surface area contributed by atoms with Gasteiger partial charge in [0.2, 0.25) is 0 Å². The number of hydrogen-bond acceptors (Lipinski definition) is 4.